The average molecular weight is 239 g/mol. The van der Waals surface area contributed by atoms with E-state index in [1.54, 1.807) is 0 Å². The number of rotatable bonds is 4. The van der Waals surface area contributed by atoms with Gasteiger partial charge in [-0.15, -0.1) is 5.69 Å². The second-order valence-electron chi connectivity index (χ2n) is 3.80. The van der Waals surface area contributed by atoms with E-state index in [-0.39, 0.29) is 15.0 Å². The molecule has 0 saturated carbocycles. The molecule has 4 heteroatoms. The first kappa shape index (κ1) is 11.7. The Morgan fingerprint density at radius 1 is 1.31 bits per heavy atom. The Hall–Kier alpha value is -0.790. The van der Waals surface area contributed by atoms with Crippen molar-refractivity contribution >= 4 is 14.4 Å². The smallest absolute Gasteiger partial charge is 0.199 e. The van der Waals surface area contributed by atoms with Crippen LogP contribution in [0.2, 0.25) is 0 Å². The molecule has 16 heavy (non-hydrogen) atoms. The summed E-state index contributed by atoms with van der Waals surface area (Å²) >= 11 is 0. The number of hydrogen-bond donors (Lipinski definition) is 0. The van der Waals surface area contributed by atoms with Crippen LogP contribution < -0.4 is 4.74 Å². The molecule has 1 fully saturated rings. The van der Waals surface area contributed by atoms with Gasteiger partial charge in [-0.3, -0.25) is 0 Å². The summed E-state index contributed by atoms with van der Waals surface area (Å²) in [4.78, 5) is 0. The highest BCUT2D eigenvalue weighted by Crippen LogP contribution is 2.31. The van der Waals surface area contributed by atoms with E-state index >= 15 is 0 Å². The number of ether oxygens (including phenoxy) is 2. The molecular weight excluding hydrogens is 221 g/mol. The Labute approximate surface area is 98.4 Å². The van der Waals surface area contributed by atoms with Gasteiger partial charge in [0.05, 0.1) is 6.61 Å². The predicted molar refractivity (Wildman–Crippen MR) is 69.3 cm³/mol. The normalized spacial score (nSPS) is 21.2. The number of benzene rings is 1. The molecule has 0 amide bonds. The molecule has 1 saturated heterocycles. The summed E-state index contributed by atoms with van der Waals surface area (Å²) in [6.45, 7) is 2.93. The number of hydrogen-bond acceptors (Lipinski definition) is 2. The second kappa shape index (κ2) is 6.07. The van der Waals surface area contributed by atoms with E-state index in [0.29, 0.717) is 0 Å². The predicted octanol–water partition coefficient (Wildman–Crippen LogP) is 3.55. The van der Waals surface area contributed by atoms with E-state index in [9.17, 15) is 0 Å². The van der Waals surface area contributed by atoms with Crippen LogP contribution in [0.4, 0.5) is 5.69 Å². The molecule has 1 unspecified atom stereocenters. The second-order valence-corrected chi connectivity index (χ2v) is 4.57. The Morgan fingerprint density at radius 3 is 2.75 bits per heavy atom. The first-order chi connectivity index (χ1) is 7.88. The van der Waals surface area contributed by atoms with Crippen molar-refractivity contribution in [3.8, 4) is 5.75 Å². The number of nitrogens with zero attached hydrogens (tertiary/aromatic N) is 1. The van der Waals surface area contributed by atoms with Gasteiger partial charge in [0, 0.05) is 13.1 Å². The molecule has 0 aliphatic carbocycles. The molecule has 1 aliphatic heterocycles. The lowest BCUT2D eigenvalue weighted by atomic mass is 10.2. The fourth-order valence-electron chi connectivity index (χ4n) is 1.72. The molecule has 3 nitrogen and oxygen atoms in total. The van der Waals surface area contributed by atoms with Crippen LogP contribution in [0, 0.1) is 0 Å². The lowest BCUT2D eigenvalue weighted by molar-refractivity contribution is -0.105. The molecular formula is C12H18NO2P. The van der Waals surface area contributed by atoms with E-state index in [1.807, 2.05) is 24.3 Å². The van der Waals surface area contributed by atoms with Crippen molar-refractivity contribution in [2.45, 2.75) is 25.6 Å². The Morgan fingerprint density at radius 2 is 2.12 bits per heavy atom. The van der Waals surface area contributed by atoms with Gasteiger partial charge in [0.15, 0.2) is 6.29 Å². The average Bonchev–Trinajstić information content (AvgIpc) is 2.33. The zero-order valence-electron chi connectivity index (χ0n) is 9.56. The van der Waals surface area contributed by atoms with Crippen molar-refractivity contribution < 1.29 is 9.47 Å². The topological polar surface area (TPSA) is 32.6 Å². The van der Waals surface area contributed by atoms with Crippen LogP contribution in [0.5, 0.6) is 5.75 Å². The SMILES string of the molecule is C[PH2+][N-]c1ccc(O[C@H]2CCCCO2)cc1. The lowest BCUT2D eigenvalue weighted by Crippen LogP contribution is -2.24. The third kappa shape index (κ3) is 3.36. The summed E-state index contributed by atoms with van der Waals surface area (Å²) in [6, 6.07) is 7.92. The van der Waals surface area contributed by atoms with Crippen molar-refractivity contribution in [3.63, 3.8) is 0 Å². The van der Waals surface area contributed by atoms with E-state index < -0.39 is 0 Å². The molecule has 1 heterocycles. The van der Waals surface area contributed by atoms with Crippen LogP contribution in [0.15, 0.2) is 24.3 Å². The largest absolute Gasteiger partial charge is 0.526 e. The summed E-state index contributed by atoms with van der Waals surface area (Å²) in [7, 11) is 0.167. The third-order valence-electron chi connectivity index (χ3n) is 2.52. The van der Waals surface area contributed by atoms with Crippen LogP contribution >= 0.6 is 8.73 Å². The first-order valence-corrected chi connectivity index (χ1v) is 7.42. The van der Waals surface area contributed by atoms with Crippen LogP contribution in [0.3, 0.4) is 0 Å². The molecule has 1 aliphatic rings. The maximum absolute atomic E-state index is 5.73. The summed E-state index contributed by atoms with van der Waals surface area (Å²) in [5.74, 6) is 0.872. The van der Waals surface area contributed by atoms with Gasteiger partial charge in [0.25, 0.3) is 0 Å². The molecule has 2 rings (SSSR count). The summed E-state index contributed by atoms with van der Waals surface area (Å²) in [5.41, 5.74) is 1.04. The standard InChI is InChI=1S/C12H18NO2P/c1-16-13-10-5-7-11(8-6-10)15-12-4-2-3-9-14-12/h5-8,12H,2-4,9,16H2,1H3/t12-/m0/s1. The molecule has 1 aromatic rings. The summed E-state index contributed by atoms with van der Waals surface area (Å²) in [5, 5.41) is 4.39. The Bertz CT molecular complexity index is 309. The molecule has 0 spiro atoms. The highest BCUT2D eigenvalue weighted by molar-refractivity contribution is 7.40. The molecule has 2 atom stereocenters. The van der Waals surface area contributed by atoms with Crippen molar-refractivity contribution in [2.75, 3.05) is 13.3 Å². The van der Waals surface area contributed by atoms with Gasteiger partial charge >= 0.3 is 0 Å². The minimum atomic E-state index is -0.0617. The van der Waals surface area contributed by atoms with Gasteiger partial charge < -0.3 is 14.6 Å². The van der Waals surface area contributed by atoms with Crippen LogP contribution in [-0.4, -0.2) is 19.6 Å². The van der Waals surface area contributed by atoms with Crippen molar-refractivity contribution in [3.05, 3.63) is 29.4 Å². The third-order valence-corrected chi connectivity index (χ3v) is 3.08. The fourth-order valence-corrected chi connectivity index (χ4v) is 2.19. The van der Waals surface area contributed by atoms with Gasteiger partial charge in [-0.25, -0.2) is 0 Å². The Kier molecular flexibility index (Phi) is 4.44. The van der Waals surface area contributed by atoms with Gasteiger partial charge in [0.1, 0.15) is 5.75 Å². The lowest BCUT2D eigenvalue weighted by Gasteiger charge is -2.23. The van der Waals surface area contributed by atoms with E-state index in [1.165, 1.54) is 6.42 Å². The minimum absolute atomic E-state index is 0.0617. The van der Waals surface area contributed by atoms with Crippen LogP contribution in [-0.2, 0) is 4.74 Å². The molecule has 0 bridgehead atoms. The van der Waals surface area contributed by atoms with E-state index in [4.69, 9.17) is 9.47 Å². The zero-order valence-corrected chi connectivity index (χ0v) is 10.7. The zero-order chi connectivity index (χ0) is 11.2. The molecule has 0 radical (unpaired) electrons. The van der Waals surface area contributed by atoms with Gasteiger partial charge in [-0.1, -0.05) is 20.9 Å². The van der Waals surface area contributed by atoms with Gasteiger partial charge in [-0.05, 0) is 25.0 Å². The Balaban J connectivity index is 1.88. The molecule has 88 valence electrons. The maximum Gasteiger partial charge on any atom is 0.199 e. The van der Waals surface area contributed by atoms with E-state index in [2.05, 4.69) is 11.8 Å². The van der Waals surface area contributed by atoms with Crippen molar-refractivity contribution in [1.29, 1.82) is 0 Å². The monoisotopic (exact) mass is 239 g/mol. The molecule has 0 N–H and O–H groups in total. The van der Waals surface area contributed by atoms with Crippen molar-refractivity contribution in [1.82, 2.24) is 0 Å². The summed E-state index contributed by atoms with van der Waals surface area (Å²) < 4.78 is 11.2. The first-order valence-electron chi connectivity index (χ1n) is 5.75. The van der Waals surface area contributed by atoms with Gasteiger partial charge in [0.2, 0.25) is 0 Å². The molecule has 1 aromatic carbocycles. The summed E-state index contributed by atoms with van der Waals surface area (Å²) in [6.07, 6.45) is 3.27. The van der Waals surface area contributed by atoms with Crippen LogP contribution in [0.25, 0.3) is 5.09 Å². The van der Waals surface area contributed by atoms with Crippen LogP contribution in [0.1, 0.15) is 19.3 Å². The van der Waals surface area contributed by atoms with Crippen molar-refractivity contribution in [2.24, 2.45) is 0 Å². The quantitative estimate of drug-likeness (QED) is 0.752. The fraction of sp³-hybridized carbons (Fsp3) is 0.500. The highest BCUT2D eigenvalue weighted by atomic mass is 31.1. The van der Waals surface area contributed by atoms with E-state index in [0.717, 1.165) is 30.9 Å². The molecule has 0 aromatic heterocycles. The highest BCUT2D eigenvalue weighted by Gasteiger charge is 2.14. The van der Waals surface area contributed by atoms with Gasteiger partial charge in [-0.2, -0.15) is 0 Å². The minimum Gasteiger partial charge on any atom is -0.526 e. The maximum atomic E-state index is 5.73.